The van der Waals surface area contributed by atoms with E-state index in [1.54, 1.807) is 16.2 Å². The molecule has 1 amide bonds. The summed E-state index contributed by atoms with van der Waals surface area (Å²) in [5.41, 5.74) is -0.120. The second-order valence-corrected chi connectivity index (χ2v) is 6.73. The summed E-state index contributed by atoms with van der Waals surface area (Å²) in [5.74, 6) is -0.0468. The van der Waals surface area contributed by atoms with Crippen molar-refractivity contribution in [2.24, 2.45) is 0 Å². The predicted octanol–water partition coefficient (Wildman–Crippen LogP) is 2.61. The van der Waals surface area contributed by atoms with E-state index in [4.69, 9.17) is 0 Å². The third kappa shape index (κ3) is 3.20. The van der Waals surface area contributed by atoms with E-state index in [2.05, 4.69) is 11.9 Å². The maximum absolute atomic E-state index is 12.7. The van der Waals surface area contributed by atoms with Gasteiger partial charge in [0.05, 0.1) is 5.39 Å². The summed E-state index contributed by atoms with van der Waals surface area (Å²) in [4.78, 5) is 33.2. The molecule has 0 aromatic carbocycles. The predicted molar refractivity (Wildman–Crippen MR) is 93.0 cm³/mol. The lowest BCUT2D eigenvalue weighted by Crippen LogP contribution is -2.37. The van der Waals surface area contributed by atoms with Crippen LogP contribution in [0.15, 0.2) is 16.0 Å². The minimum atomic E-state index is -0.120. The van der Waals surface area contributed by atoms with Gasteiger partial charge in [0.2, 0.25) is 5.91 Å². The first-order valence-electron chi connectivity index (χ1n) is 7.40. The molecule has 0 radical (unpaired) electrons. The SMILES string of the molecule is CCc1cc2c(=O)n(CC(=O)N(CC)CC)c(SC)nc2s1. The van der Waals surface area contributed by atoms with E-state index in [0.717, 1.165) is 16.1 Å². The topological polar surface area (TPSA) is 55.2 Å². The van der Waals surface area contributed by atoms with Crippen molar-refractivity contribution in [2.75, 3.05) is 19.3 Å². The molecule has 5 nitrogen and oxygen atoms in total. The van der Waals surface area contributed by atoms with Crippen LogP contribution in [-0.4, -0.2) is 39.7 Å². The van der Waals surface area contributed by atoms with Crippen LogP contribution in [0, 0.1) is 0 Å². The Morgan fingerprint density at radius 1 is 1.36 bits per heavy atom. The number of carbonyl (C=O) groups excluding carboxylic acids is 1. The van der Waals surface area contributed by atoms with E-state index in [1.165, 1.54) is 16.3 Å². The zero-order valence-corrected chi connectivity index (χ0v) is 15.0. The number of hydrogen-bond donors (Lipinski definition) is 0. The van der Waals surface area contributed by atoms with Crippen LogP contribution in [0.3, 0.4) is 0 Å². The van der Waals surface area contributed by atoms with Gasteiger partial charge in [-0.2, -0.15) is 0 Å². The van der Waals surface area contributed by atoms with Crippen LogP contribution in [0.1, 0.15) is 25.6 Å². The average molecular weight is 339 g/mol. The summed E-state index contributed by atoms with van der Waals surface area (Å²) in [6.45, 7) is 7.28. The monoisotopic (exact) mass is 339 g/mol. The van der Waals surface area contributed by atoms with Crippen LogP contribution in [0.25, 0.3) is 10.2 Å². The average Bonchev–Trinajstić information content (AvgIpc) is 2.94. The molecule has 22 heavy (non-hydrogen) atoms. The normalized spacial score (nSPS) is 11.1. The maximum Gasteiger partial charge on any atom is 0.263 e. The van der Waals surface area contributed by atoms with Gasteiger partial charge in [-0.1, -0.05) is 18.7 Å². The first-order valence-corrected chi connectivity index (χ1v) is 9.44. The van der Waals surface area contributed by atoms with Gasteiger partial charge in [-0.15, -0.1) is 11.3 Å². The molecule has 0 atom stereocenters. The fourth-order valence-corrected chi connectivity index (χ4v) is 3.89. The number of likely N-dealkylation sites (N-methyl/N-ethyl adjacent to an activating group) is 1. The molecule has 0 aliphatic rings. The number of aryl methyl sites for hydroxylation is 1. The molecule has 0 fully saturated rings. The van der Waals surface area contributed by atoms with Crippen LogP contribution in [0.4, 0.5) is 0 Å². The molecular weight excluding hydrogens is 318 g/mol. The summed E-state index contributed by atoms with van der Waals surface area (Å²) >= 11 is 2.95. The second kappa shape index (κ2) is 7.28. The summed E-state index contributed by atoms with van der Waals surface area (Å²) in [6, 6.07) is 1.90. The number of carbonyl (C=O) groups is 1. The van der Waals surface area contributed by atoms with Gasteiger partial charge in [-0.05, 0) is 32.6 Å². The number of thiophene rings is 1. The van der Waals surface area contributed by atoms with Crippen molar-refractivity contribution in [2.45, 2.75) is 38.9 Å². The van der Waals surface area contributed by atoms with Crippen molar-refractivity contribution < 1.29 is 4.79 Å². The maximum atomic E-state index is 12.7. The van der Waals surface area contributed by atoms with Crippen molar-refractivity contribution in [1.29, 1.82) is 0 Å². The summed E-state index contributed by atoms with van der Waals surface area (Å²) < 4.78 is 1.50. The van der Waals surface area contributed by atoms with E-state index in [-0.39, 0.29) is 18.0 Å². The van der Waals surface area contributed by atoms with Gasteiger partial charge in [-0.25, -0.2) is 4.98 Å². The molecule has 120 valence electrons. The molecular formula is C15H21N3O2S2. The lowest BCUT2D eigenvalue weighted by atomic mass is 10.3. The molecule has 0 saturated heterocycles. The van der Waals surface area contributed by atoms with Crippen LogP contribution in [-0.2, 0) is 17.8 Å². The fourth-order valence-electron chi connectivity index (χ4n) is 2.33. The number of hydrogen-bond acceptors (Lipinski definition) is 5. The lowest BCUT2D eigenvalue weighted by Gasteiger charge is -2.19. The summed E-state index contributed by atoms with van der Waals surface area (Å²) in [7, 11) is 0. The van der Waals surface area contributed by atoms with Gasteiger partial charge in [0.15, 0.2) is 5.16 Å². The minimum Gasteiger partial charge on any atom is -0.342 e. The number of rotatable bonds is 6. The zero-order valence-electron chi connectivity index (χ0n) is 13.4. The van der Waals surface area contributed by atoms with Crippen molar-refractivity contribution in [3.8, 4) is 0 Å². The highest BCUT2D eigenvalue weighted by molar-refractivity contribution is 7.98. The van der Waals surface area contributed by atoms with Gasteiger partial charge in [0.1, 0.15) is 11.4 Å². The second-order valence-electron chi connectivity index (χ2n) is 4.84. The molecule has 0 saturated carbocycles. The Bertz CT molecular complexity index is 732. The first-order chi connectivity index (χ1) is 10.5. The van der Waals surface area contributed by atoms with E-state index in [0.29, 0.717) is 23.6 Å². The molecule has 2 aromatic heterocycles. The van der Waals surface area contributed by atoms with Crippen LogP contribution >= 0.6 is 23.1 Å². The Kier molecular flexibility index (Phi) is 5.63. The third-order valence-electron chi connectivity index (χ3n) is 3.61. The Morgan fingerprint density at radius 2 is 2.05 bits per heavy atom. The van der Waals surface area contributed by atoms with E-state index in [1.807, 2.05) is 26.2 Å². The number of nitrogens with zero attached hydrogens (tertiary/aromatic N) is 3. The largest absolute Gasteiger partial charge is 0.342 e. The van der Waals surface area contributed by atoms with Gasteiger partial charge < -0.3 is 4.90 Å². The van der Waals surface area contributed by atoms with Crippen LogP contribution in [0.2, 0.25) is 0 Å². The molecule has 0 bridgehead atoms. The number of thioether (sulfide) groups is 1. The van der Waals surface area contributed by atoms with Crippen LogP contribution in [0.5, 0.6) is 0 Å². The Hall–Kier alpha value is -1.34. The van der Waals surface area contributed by atoms with Crippen molar-refractivity contribution >= 4 is 39.2 Å². The number of aromatic nitrogens is 2. The minimum absolute atomic E-state index is 0.0468. The van der Waals surface area contributed by atoms with E-state index >= 15 is 0 Å². The zero-order chi connectivity index (χ0) is 16.3. The highest BCUT2D eigenvalue weighted by atomic mass is 32.2. The summed E-state index contributed by atoms with van der Waals surface area (Å²) in [6.07, 6.45) is 2.76. The third-order valence-corrected chi connectivity index (χ3v) is 5.46. The molecule has 0 aliphatic carbocycles. The van der Waals surface area contributed by atoms with Gasteiger partial charge in [0.25, 0.3) is 5.56 Å². The fraction of sp³-hybridized carbons (Fsp3) is 0.533. The highest BCUT2D eigenvalue weighted by Gasteiger charge is 2.17. The molecule has 7 heteroatoms. The smallest absolute Gasteiger partial charge is 0.263 e. The molecule has 0 unspecified atom stereocenters. The lowest BCUT2D eigenvalue weighted by molar-refractivity contribution is -0.131. The number of amides is 1. The Labute approximate surface area is 138 Å². The number of fused-ring (bicyclic) bond motifs is 1. The molecule has 0 spiro atoms. The van der Waals surface area contributed by atoms with Crippen molar-refractivity contribution in [1.82, 2.24) is 14.5 Å². The summed E-state index contributed by atoms with van der Waals surface area (Å²) in [5, 5.41) is 1.22. The first kappa shape index (κ1) is 17.0. The van der Waals surface area contributed by atoms with Gasteiger partial charge in [0, 0.05) is 18.0 Å². The van der Waals surface area contributed by atoms with Gasteiger partial charge >= 0.3 is 0 Å². The van der Waals surface area contributed by atoms with E-state index in [9.17, 15) is 9.59 Å². The molecule has 0 N–H and O–H groups in total. The Balaban J connectivity index is 2.50. The van der Waals surface area contributed by atoms with Crippen molar-refractivity contribution in [3.63, 3.8) is 0 Å². The van der Waals surface area contributed by atoms with E-state index < -0.39 is 0 Å². The molecule has 2 rings (SSSR count). The quantitative estimate of drug-likeness (QED) is 0.600. The molecule has 2 heterocycles. The Morgan fingerprint density at radius 3 is 2.59 bits per heavy atom. The van der Waals surface area contributed by atoms with Crippen LogP contribution < -0.4 is 5.56 Å². The molecule has 0 aliphatic heterocycles. The highest BCUT2D eigenvalue weighted by Crippen LogP contribution is 2.24. The van der Waals surface area contributed by atoms with Gasteiger partial charge in [-0.3, -0.25) is 14.2 Å². The van der Waals surface area contributed by atoms with Crippen molar-refractivity contribution in [3.05, 3.63) is 21.3 Å². The molecule has 2 aromatic rings. The standard InChI is InChI=1S/C15H21N3O2S2/c1-5-10-8-11-13(22-10)16-15(21-4)18(14(11)20)9-12(19)17(6-2)7-3/h8H,5-7,9H2,1-4H3.